The number of anilines is 1. The molecule has 6 aliphatic rings. The Labute approximate surface area is 211 Å². The number of aromatic nitrogens is 1. The Kier molecular flexibility index (Phi) is 3.91. The van der Waals surface area contributed by atoms with Crippen molar-refractivity contribution in [2.45, 2.75) is 74.9 Å². The Balaban J connectivity index is 1.21. The monoisotopic (exact) mass is 489 g/mol. The summed E-state index contributed by atoms with van der Waals surface area (Å²) < 4.78 is 13.1. The number of hydrogen-bond donors (Lipinski definition) is 3. The number of aliphatic hydroxyl groups excluding tert-OH is 2. The maximum atomic E-state index is 11.5. The molecule has 1 aromatic heterocycles. The highest BCUT2D eigenvalue weighted by molar-refractivity contribution is 5.83. The summed E-state index contributed by atoms with van der Waals surface area (Å²) in [7, 11) is 4.00. The molecule has 9 atom stereocenters. The van der Waals surface area contributed by atoms with Gasteiger partial charge < -0.3 is 30.0 Å². The zero-order valence-corrected chi connectivity index (χ0v) is 21.2. The second kappa shape index (κ2) is 6.44. The maximum Gasteiger partial charge on any atom is 0.292 e. The molecule has 8 rings (SSSR count). The van der Waals surface area contributed by atoms with E-state index in [0.29, 0.717) is 11.8 Å². The average Bonchev–Trinajstić information content (AvgIpc) is 3.13. The number of fused-ring (bicyclic) bond motifs is 3. The van der Waals surface area contributed by atoms with Crippen LogP contribution < -0.4 is 5.73 Å². The van der Waals surface area contributed by atoms with Crippen LogP contribution in [0.2, 0.25) is 0 Å². The number of oxazole rings is 1. The fourth-order valence-electron chi connectivity index (χ4n) is 9.74. The summed E-state index contributed by atoms with van der Waals surface area (Å²) in [5.41, 5.74) is 10.2. The van der Waals surface area contributed by atoms with Gasteiger partial charge in [-0.2, -0.15) is 4.98 Å². The third-order valence-corrected chi connectivity index (χ3v) is 11.4. The van der Waals surface area contributed by atoms with Crippen LogP contribution in [0.4, 0.5) is 6.01 Å². The summed E-state index contributed by atoms with van der Waals surface area (Å²) in [4.78, 5) is 6.33. The third-order valence-electron chi connectivity index (χ3n) is 11.4. The van der Waals surface area contributed by atoms with Crippen LogP contribution in [0.1, 0.15) is 51.0 Å². The van der Waals surface area contributed by atoms with E-state index in [-0.39, 0.29) is 34.1 Å². The summed E-state index contributed by atoms with van der Waals surface area (Å²) in [6.07, 6.45) is 9.02. The molecule has 3 heterocycles. The molecule has 2 saturated carbocycles. The predicted molar refractivity (Wildman–Crippen MR) is 136 cm³/mol. The number of nitrogen functional groups attached to an aromatic ring is 1. The number of nitrogens with two attached hydrogens (primary N) is 1. The van der Waals surface area contributed by atoms with E-state index in [4.69, 9.17) is 14.9 Å². The van der Waals surface area contributed by atoms with Gasteiger partial charge in [0.15, 0.2) is 5.58 Å². The van der Waals surface area contributed by atoms with E-state index in [1.54, 1.807) is 0 Å². The molecule has 2 bridgehead atoms. The molecule has 7 heteroatoms. The van der Waals surface area contributed by atoms with Gasteiger partial charge in [0, 0.05) is 22.8 Å². The van der Waals surface area contributed by atoms with Crippen LogP contribution in [0.25, 0.3) is 16.7 Å². The highest BCUT2D eigenvalue weighted by Crippen LogP contribution is 2.81. The van der Waals surface area contributed by atoms with E-state index < -0.39 is 12.2 Å². The number of rotatable bonds is 2. The van der Waals surface area contributed by atoms with Gasteiger partial charge in [0.05, 0.1) is 23.4 Å². The van der Waals surface area contributed by atoms with E-state index in [9.17, 15) is 10.2 Å². The third kappa shape index (κ3) is 2.25. The number of likely N-dealkylation sites (N-methyl/N-ethyl adjacent to an activating group) is 1. The van der Waals surface area contributed by atoms with E-state index in [2.05, 4.69) is 41.1 Å². The number of ether oxygens (including phenoxy) is 1. The lowest BCUT2D eigenvalue weighted by Crippen LogP contribution is -2.67. The quantitative estimate of drug-likeness (QED) is 0.555. The summed E-state index contributed by atoms with van der Waals surface area (Å²) in [5.74, 6) is 0.680. The maximum absolute atomic E-state index is 11.5. The predicted octanol–water partition coefficient (Wildman–Crippen LogP) is 3.51. The number of benzene rings is 1. The molecule has 190 valence electrons. The van der Waals surface area contributed by atoms with Crippen molar-refractivity contribution in [1.82, 2.24) is 9.88 Å². The molecule has 4 N–H and O–H groups in total. The van der Waals surface area contributed by atoms with Crippen LogP contribution in [0.3, 0.4) is 0 Å². The second-order valence-electron chi connectivity index (χ2n) is 12.9. The molecule has 4 aliphatic carbocycles. The van der Waals surface area contributed by atoms with E-state index >= 15 is 0 Å². The van der Waals surface area contributed by atoms with Crippen LogP contribution >= 0.6 is 0 Å². The Morgan fingerprint density at radius 1 is 1.14 bits per heavy atom. The lowest BCUT2D eigenvalue weighted by atomic mass is 9.57. The zero-order valence-electron chi connectivity index (χ0n) is 21.2. The Morgan fingerprint density at radius 3 is 2.78 bits per heavy atom. The standard InChI is InChI=1S/C29H35N3O4/c1-26-9-8-17-18-13-28(18)24(34)23(33)20(32(2)3)14-27(28)10-11-29(17,36-27)22(26)7-5-16(26)15-4-6-19-21(12-15)35-25(30)31-19/h4-6,8,12,18,20,22-24,33-34H,7,9-11,13-14H2,1-3H3,(H2,30,31)/t18?,20-,22?,23+,24-,26+,27+,28?,29+/m0/s1. The van der Waals surface area contributed by atoms with Gasteiger partial charge in [-0.05, 0) is 87.4 Å². The van der Waals surface area contributed by atoms with E-state index in [0.717, 1.165) is 49.6 Å². The van der Waals surface area contributed by atoms with Crippen molar-refractivity contribution in [3.8, 4) is 0 Å². The Morgan fingerprint density at radius 2 is 1.97 bits per heavy atom. The van der Waals surface area contributed by atoms with Gasteiger partial charge in [0.1, 0.15) is 5.52 Å². The van der Waals surface area contributed by atoms with Crippen molar-refractivity contribution in [1.29, 1.82) is 0 Å². The highest BCUT2D eigenvalue weighted by Gasteiger charge is 2.84. The van der Waals surface area contributed by atoms with E-state index in [1.807, 2.05) is 20.2 Å². The molecule has 36 heavy (non-hydrogen) atoms. The fraction of sp³-hybridized carbons (Fsp3) is 0.621. The lowest BCUT2D eigenvalue weighted by Gasteiger charge is -2.59. The molecule has 2 saturated heterocycles. The molecule has 1 aromatic carbocycles. The first kappa shape index (κ1) is 21.9. The van der Waals surface area contributed by atoms with Crippen LogP contribution in [-0.2, 0) is 4.74 Å². The van der Waals surface area contributed by atoms with Gasteiger partial charge in [-0.25, -0.2) is 0 Å². The van der Waals surface area contributed by atoms with Crippen LogP contribution in [0.15, 0.2) is 40.3 Å². The molecule has 0 radical (unpaired) electrons. The molecule has 2 aliphatic heterocycles. The van der Waals surface area contributed by atoms with Crippen LogP contribution in [0, 0.1) is 22.7 Å². The largest absolute Gasteiger partial charge is 0.424 e. The Bertz CT molecular complexity index is 1380. The number of nitrogens with zero attached hydrogens (tertiary/aromatic N) is 2. The second-order valence-corrected chi connectivity index (χ2v) is 12.9. The van der Waals surface area contributed by atoms with Gasteiger partial charge >= 0.3 is 0 Å². The molecular weight excluding hydrogens is 454 g/mol. The fourth-order valence-corrected chi connectivity index (χ4v) is 9.74. The summed E-state index contributed by atoms with van der Waals surface area (Å²) in [6, 6.07) is 6.33. The topological polar surface area (TPSA) is 105 Å². The summed E-state index contributed by atoms with van der Waals surface area (Å²) >= 11 is 0. The molecule has 3 spiro atoms. The van der Waals surface area contributed by atoms with Crippen molar-refractivity contribution >= 4 is 22.7 Å². The number of allylic oxidation sites excluding steroid dienone is 3. The van der Waals surface area contributed by atoms with Crippen molar-refractivity contribution in [2.24, 2.45) is 22.7 Å². The van der Waals surface area contributed by atoms with Crippen molar-refractivity contribution in [3.63, 3.8) is 0 Å². The average molecular weight is 490 g/mol. The van der Waals surface area contributed by atoms with E-state index in [1.165, 1.54) is 16.7 Å². The minimum atomic E-state index is -0.743. The summed E-state index contributed by atoms with van der Waals surface area (Å²) in [6.45, 7) is 2.41. The van der Waals surface area contributed by atoms with Gasteiger partial charge in [-0.1, -0.05) is 25.1 Å². The van der Waals surface area contributed by atoms with Gasteiger partial charge in [-0.15, -0.1) is 0 Å². The molecule has 2 aromatic rings. The minimum Gasteiger partial charge on any atom is -0.424 e. The molecule has 4 fully saturated rings. The number of hydrogen-bond acceptors (Lipinski definition) is 7. The van der Waals surface area contributed by atoms with Gasteiger partial charge in [0.25, 0.3) is 6.01 Å². The first-order valence-electron chi connectivity index (χ1n) is 13.5. The smallest absolute Gasteiger partial charge is 0.292 e. The molecule has 7 nitrogen and oxygen atoms in total. The van der Waals surface area contributed by atoms with Gasteiger partial charge in [0.2, 0.25) is 0 Å². The molecule has 0 amide bonds. The molecule has 3 unspecified atom stereocenters. The first-order valence-corrected chi connectivity index (χ1v) is 13.5. The van der Waals surface area contributed by atoms with Crippen LogP contribution in [-0.4, -0.2) is 63.6 Å². The normalized spacial score (nSPS) is 48.2. The zero-order chi connectivity index (χ0) is 24.8. The number of aliphatic hydroxyl groups is 2. The first-order chi connectivity index (χ1) is 17.2. The molecular formula is C29H35N3O4. The van der Waals surface area contributed by atoms with Crippen molar-refractivity contribution in [3.05, 3.63) is 41.5 Å². The SMILES string of the molecule is CN(C)[C@H]1C[C@@]23CC[C@@]4(O2)C(=CC[C@]2(C)C(c5ccc6nc(N)oc6c5)=CCC24)C2CC23[C@@H](O)[C@@H]1O. The van der Waals surface area contributed by atoms with Crippen molar-refractivity contribution < 1.29 is 19.4 Å². The van der Waals surface area contributed by atoms with Crippen LogP contribution in [0.5, 0.6) is 0 Å². The highest BCUT2D eigenvalue weighted by atomic mass is 16.5. The minimum absolute atomic E-state index is 0.0447. The summed E-state index contributed by atoms with van der Waals surface area (Å²) in [5, 5.41) is 22.6. The van der Waals surface area contributed by atoms with Gasteiger partial charge in [-0.3, -0.25) is 0 Å². The van der Waals surface area contributed by atoms with Crippen molar-refractivity contribution in [2.75, 3.05) is 19.8 Å². The Hall–Kier alpha value is -2.19. The lowest BCUT2D eigenvalue weighted by molar-refractivity contribution is -0.248.